The van der Waals surface area contributed by atoms with Gasteiger partial charge >= 0.3 is 5.97 Å². The van der Waals surface area contributed by atoms with Crippen molar-refractivity contribution in [1.82, 2.24) is 15.5 Å². The van der Waals surface area contributed by atoms with Gasteiger partial charge in [-0.1, -0.05) is 20.8 Å². The van der Waals surface area contributed by atoms with Crippen LogP contribution in [0.5, 0.6) is 0 Å². The molecule has 0 saturated carbocycles. The Morgan fingerprint density at radius 3 is 2.22 bits per heavy atom. The molecule has 132 valence electrons. The van der Waals surface area contributed by atoms with Crippen molar-refractivity contribution >= 4 is 17.8 Å². The van der Waals surface area contributed by atoms with Gasteiger partial charge in [-0.25, -0.2) is 0 Å². The standard InChI is InChI=1S/C16H30N4O3/c1-16(2,3)14(22)18-8-9-19-15(17-4)20-10-6-12(7-11-20)13(21)23-5/h12H,6-11H2,1-5H3,(H,17,19)(H,18,22). The van der Waals surface area contributed by atoms with Crippen LogP contribution < -0.4 is 10.6 Å². The summed E-state index contributed by atoms with van der Waals surface area (Å²) in [7, 11) is 3.17. The summed E-state index contributed by atoms with van der Waals surface area (Å²) in [5.41, 5.74) is -0.378. The highest BCUT2D eigenvalue weighted by atomic mass is 16.5. The van der Waals surface area contributed by atoms with E-state index in [-0.39, 0.29) is 23.2 Å². The first-order chi connectivity index (χ1) is 10.8. The predicted octanol–water partition coefficient (Wildman–Crippen LogP) is 0.609. The van der Waals surface area contributed by atoms with Crippen LogP contribution in [-0.4, -0.2) is 63.1 Å². The minimum absolute atomic E-state index is 0.0135. The number of nitrogens with one attached hydrogen (secondary N) is 2. The van der Waals surface area contributed by atoms with E-state index in [2.05, 4.69) is 20.5 Å². The molecule has 0 bridgehead atoms. The zero-order valence-corrected chi connectivity index (χ0v) is 14.9. The maximum Gasteiger partial charge on any atom is 0.308 e. The average molecular weight is 326 g/mol. The zero-order chi connectivity index (χ0) is 17.5. The fourth-order valence-corrected chi connectivity index (χ4v) is 2.44. The molecule has 1 heterocycles. The lowest BCUT2D eigenvalue weighted by Gasteiger charge is -2.33. The van der Waals surface area contributed by atoms with Crippen molar-refractivity contribution in [2.45, 2.75) is 33.6 Å². The van der Waals surface area contributed by atoms with Crippen molar-refractivity contribution in [2.24, 2.45) is 16.3 Å². The molecule has 0 aliphatic carbocycles. The van der Waals surface area contributed by atoms with Crippen molar-refractivity contribution in [1.29, 1.82) is 0 Å². The number of esters is 1. The van der Waals surface area contributed by atoms with E-state index in [0.717, 1.165) is 31.9 Å². The van der Waals surface area contributed by atoms with Gasteiger partial charge in [-0.15, -0.1) is 0 Å². The molecule has 0 aromatic heterocycles. The molecule has 1 saturated heterocycles. The molecule has 7 heteroatoms. The zero-order valence-electron chi connectivity index (χ0n) is 14.9. The molecule has 0 spiro atoms. The Balaban J connectivity index is 2.33. The Labute approximate surface area is 138 Å². The van der Waals surface area contributed by atoms with Crippen molar-refractivity contribution in [3.63, 3.8) is 0 Å². The Hall–Kier alpha value is -1.79. The van der Waals surface area contributed by atoms with Crippen LogP contribution in [-0.2, 0) is 14.3 Å². The van der Waals surface area contributed by atoms with Gasteiger partial charge in [0.1, 0.15) is 0 Å². The van der Waals surface area contributed by atoms with Crippen molar-refractivity contribution in [3.8, 4) is 0 Å². The number of ether oxygens (including phenoxy) is 1. The van der Waals surface area contributed by atoms with Gasteiger partial charge in [-0.3, -0.25) is 14.6 Å². The molecule has 0 aromatic rings. The van der Waals surface area contributed by atoms with E-state index in [4.69, 9.17) is 4.74 Å². The Bertz CT molecular complexity index is 435. The smallest absolute Gasteiger partial charge is 0.308 e. The Morgan fingerprint density at radius 1 is 1.17 bits per heavy atom. The van der Waals surface area contributed by atoms with Crippen LogP contribution in [0, 0.1) is 11.3 Å². The lowest BCUT2D eigenvalue weighted by Crippen LogP contribution is -2.48. The molecule has 1 aliphatic heterocycles. The number of nitrogens with zero attached hydrogens (tertiary/aromatic N) is 2. The maximum absolute atomic E-state index is 11.8. The summed E-state index contributed by atoms with van der Waals surface area (Å²) in [6.45, 7) is 8.38. The molecule has 0 unspecified atom stereocenters. The van der Waals surface area contributed by atoms with Gasteiger partial charge in [0.15, 0.2) is 5.96 Å². The number of guanidine groups is 1. The topological polar surface area (TPSA) is 83.0 Å². The first kappa shape index (κ1) is 19.3. The molecule has 1 aliphatic rings. The number of hydrogen-bond acceptors (Lipinski definition) is 4. The third kappa shape index (κ3) is 6.08. The number of likely N-dealkylation sites (tertiary alicyclic amines) is 1. The van der Waals surface area contributed by atoms with Crippen LogP contribution in [0.25, 0.3) is 0 Å². The lowest BCUT2D eigenvalue weighted by molar-refractivity contribution is -0.146. The number of carbonyl (C=O) groups excluding carboxylic acids is 2. The fraction of sp³-hybridized carbons (Fsp3) is 0.812. The van der Waals surface area contributed by atoms with E-state index in [1.54, 1.807) is 7.05 Å². The van der Waals surface area contributed by atoms with Gasteiger partial charge in [0.2, 0.25) is 5.91 Å². The monoisotopic (exact) mass is 326 g/mol. The first-order valence-corrected chi connectivity index (χ1v) is 8.11. The summed E-state index contributed by atoms with van der Waals surface area (Å²) in [6, 6.07) is 0. The second kappa shape index (κ2) is 8.74. The SMILES string of the molecule is CN=C(NCCNC(=O)C(C)(C)C)N1CCC(C(=O)OC)CC1. The minimum atomic E-state index is -0.378. The Kier molecular flexibility index (Phi) is 7.32. The van der Waals surface area contributed by atoms with Crippen LogP contribution >= 0.6 is 0 Å². The molecule has 1 amide bonds. The van der Waals surface area contributed by atoms with Crippen LogP contribution in [0.4, 0.5) is 0 Å². The largest absolute Gasteiger partial charge is 0.469 e. The quantitative estimate of drug-likeness (QED) is 0.342. The molecule has 0 aromatic carbocycles. The fourth-order valence-electron chi connectivity index (χ4n) is 2.44. The molecular formula is C16H30N4O3. The van der Waals surface area contributed by atoms with E-state index in [9.17, 15) is 9.59 Å². The summed E-state index contributed by atoms with van der Waals surface area (Å²) in [6.07, 6.45) is 1.54. The molecule has 1 fully saturated rings. The predicted molar refractivity (Wildman–Crippen MR) is 90.1 cm³/mol. The average Bonchev–Trinajstić information content (AvgIpc) is 2.53. The first-order valence-electron chi connectivity index (χ1n) is 8.11. The molecular weight excluding hydrogens is 296 g/mol. The van der Waals surface area contributed by atoms with Crippen molar-refractivity contribution in [2.75, 3.05) is 40.3 Å². The van der Waals surface area contributed by atoms with Crippen LogP contribution in [0.15, 0.2) is 4.99 Å². The van der Waals surface area contributed by atoms with Gasteiger partial charge < -0.3 is 20.3 Å². The number of rotatable bonds is 4. The highest BCUT2D eigenvalue weighted by Crippen LogP contribution is 2.18. The van der Waals surface area contributed by atoms with Crippen molar-refractivity contribution in [3.05, 3.63) is 0 Å². The number of carbonyl (C=O) groups is 2. The summed E-state index contributed by atoms with van der Waals surface area (Å²) in [4.78, 5) is 29.7. The van der Waals surface area contributed by atoms with Crippen LogP contribution in [0.2, 0.25) is 0 Å². The number of piperidine rings is 1. The molecule has 0 atom stereocenters. The van der Waals surface area contributed by atoms with E-state index >= 15 is 0 Å². The van der Waals surface area contributed by atoms with Gasteiger partial charge in [-0.2, -0.15) is 0 Å². The highest BCUT2D eigenvalue weighted by Gasteiger charge is 2.27. The summed E-state index contributed by atoms with van der Waals surface area (Å²) >= 11 is 0. The van der Waals surface area contributed by atoms with E-state index in [1.807, 2.05) is 20.8 Å². The second-order valence-electron chi connectivity index (χ2n) is 6.76. The molecule has 23 heavy (non-hydrogen) atoms. The van der Waals surface area contributed by atoms with Gasteiger partial charge in [0.05, 0.1) is 13.0 Å². The number of hydrogen-bond donors (Lipinski definition) is 2. The van der Waals surface area contributed by atoms with Crippen molar-refractivity contribution < 1.29 is 14.3 Å². The van der Waals surface area contributed by atoms with E-state index in [0.29, 0.717) is 13.1 Å². The molecule has 7 nitrogen and oxygen atoms in total. The normalized spacial score (nSPS) is 16.9. The van der Waals surface area contributed by atoms with Gasteiger partial charge in [0, 0.05) is 38.6 Å². The van der Waals surface area contributed by atoms with E-state index < -0.39 is 0 Å². The lowest BCUT2D eigenvalue weighted by atomic mass is 9.96. The van der Waals surface area contributed by atoms with Crippen LogP contribution in [0.3, 0.4) is 0 Å². The number of aliphatic imine (C=N–C) groups is 1. The number of methoxy groups -OCH3 is 1. The molecule has 1 rings (SSSR count). The molecule has 2 N–H and O–H groups in total. The van der Waals surface area contributed by atoms with E-state index in [1.165, 1.54) is 7.11 Å². The third-order valence-corrected chi connectivity index (χ3v) is 3.92. The number of amides is 1. The maximum atomic E-state index is 11.8. The third-order valence-electron chi connectivity index (χ3n) is 3.92. The minimum Gasteiger partial charge on any atom is -0.469 e. The Morgan fingerprint density at radius 2 is 1.74 bits per heavy atom. The highest BCUT2D eigenvalue weighted by molar-refractivity contribution is 5.82. The summed E-state index contributed by atoms with van der Waals surface area (Å²) in [5.74, 6) is 0.699. The second-order valence-corrected chi connectivity index (χ2v) is 6.76. The van der Waals surface area contributed by atoms with Gasteiger partial charge in [-0.05, 0) is 12.8 Å². The van der Waals surface area contributed by atoms with Gasteiger partial charge in [0.25, 0.3) is 0 Å². The summed E-state index contributed by atoms with van der Waals surface area (Å²) < 4.78 is 4.80. The molecule has 0 radical (unpaired) electrons. The van der Waals surface area contributed by atoms with Crippen LogP contribution in [0.1, 0.15) is 33.6 Å². The summed E-state index contributed by atoms with van der Waals surface area (Å²) in [5, 5.41) is 6.15.